The second-order valence-corrected chi connectivity index (χ2v) is 12.0. The van der Waals surface area contributed by atoms with Crippen LogP contribution in [-0.4, -0.2) is 64.9 Å². The molecule has 0 aliphatic carbocycles. The zero-order valence-corrected chi connectivity index (χ0v) is 24.2. The number of nitrogens with zero attached hydrogens (tertiary/aromatic N) is 2. The van der Waals surface area contributed by atoms with E-state index in [0.29, 0.717) is 26.0 Å². The van der Waals surface area contributed by atoms with Crippen LogP contribution in [0, 0.1) is 0 Å². The summed E-state index contributed by atoms with van der Waals surface area (Å²) in [4.78, 5) is 43.8. The van der Waals surface area contributed by atoms with Crippen molar-refractivity contribution < 1.29 is 19.1 Å². The molecule has 2 aliphatic heterocycles. The minimum absolute atomic E-state index is 0.0543. The summed E-state index contributed by atoms with van der Waals surface area (Å²) in [6.07, 6.45) is 5.99. The lowest BCUT2D eigenvalue weighted by Crippen LogP contribution is -2.57. The first kappa shape index (κ1) is 29.4. The highest BCUT2D eigenvalue weighted by molar-refractivity contribution is 5.92. The maximum atomic E-state index is 13.5. The first-order chi connectivity index (χ1) is 19.2. The Labute approximate surface area is 238 Å². The molecule has 2 N–H and O–H groups in total. The molecule has 0 unspecified atom stereocenters. The van der Waals surface area contributed by atoms with Gasteiger partial charge in [0.1, 0.15) is 24.4 Å². The molecule has 2 aromatic rings. The van der Waals surface area contributed by atoms with Crippen LogP contribution >= 0.6 is 0 Å². The van der Waals surface area contributed by atoms with Gasteiger partial charge in [0.2, 0.25) is 11.8 Å². The highest BCUT2D eigenvalue weighted by Crippen LogP contribution is 2.22. The molecule has 4 rings (SSSR count). The predicted molar refractivity (Wildman–Crippen MR) is 156 cm³/mol. The van der Waals surface area contributed by atoms with Gasteiger partial charge in [-0.05, 0) is 69.7 Å². The number of rotatable bonds is 8. The second-order valence-electron chi connectivity index (χ2n) is 12.0. The van der Waals surface area contributed by atoms with Crippen molar-refractivity contribution in [3.8, 4) is 5.75 Å². The van der Waals surface area contributed by atoms with Crippen molar-refractivity contribution in [3.05, 3.63) is 65.7 Å². The molecule has 2 atom stereocenters. The van der Waals surface area contributed by atoms with Gasteiger partial charge in [-0.15, -0.1) is 0 Å². The minimum Gasteiger partial charge on any atom is -0.489 e. The summed E-state index contributed by atoms with van der Waals surface area (Å²) in [7, 11) is 0. The van der Waals surface area contributed by atoms with Gasteiger partial charge in [-0.2, -0.15) is 0 Å². The third kappa shape index (κ3) is 8.47. The van der Waals surface area contributed by atoms with Gasteiger partial charge in [0, 0.05) is 31.6 Å². The van der Waals surface area contributed by atoms with Gasteiger partial charge in [0.15, 0.2) is 0 Å². The molecule has 8 nitrogen and oxygen atoms in total. The highest BCUT2D eigenvalue weighted by Gasteiger charge is 2.38. The smallest absolute Gasteiger partial charge is 0.320 e. The highest BCUT2D eigenvalue weighted by atomic mass is 16.5. The van der Waals surface area contributed by atoms with Crippen molar-refractivity contribution >= 4 is 17.8 Å². The minimum atomic E-state index is -0.765. The number of urea groups is 1. The fourth-order valence-corrected chi connectivity index (χ4v) is 5.34. The average Bonchev–Trinajstić information content (AvgIpc) is 3.27. The SMILES string of the molecule is CC(C)(C)NC(=O)[C@H](Cc1ccc(OCc2ccccc2)cc1)NC(=O)[C@@H]1CCCN1C(=O)N1CCCCCC1. The van der Waals surface area contributed by atoms with Crippen LogP contribution in [0.5, 0.6) is 5.75 Å². The van der Waals surface area contributed by atoms with Gasteiger partial charge in [-0.25, -0.2) is 4.79 Å². The van der Waals surface area contributed by atoms with Crippen LogP contribution in [0.3, 0.4) is 0 Å². The lowest BCUT2D eigenvalue weighted by atomic mass is 10.0. The van der Waals surface area contributed by atoms with Gasteiger partial charge in [0.05, 0.1) is 0 Å². The Morgan fingerprint density at radius 1 is 0.875 bits per heavy atom. The molecule has 2 saturated heterocycles. The lowest BCUT2D eigenvalue weighted by molar-refractivity contribution is -0.131. The van der Waals surface area contributed by atoms with E-state index in [4.69, 9.17) is 4.74 Å². The molecule has 216 valence electrons. The average molecular weight is 549 g/mol. The van der Waals surface area contributed by atoms with Crippen LogP contribution in [0.2, 0.25) is 0 Å². The van der Waals surface area contributed by atoms with Crippen molar-refractivity contribution in [3.63, 3.8) is 0 Å². The Kier molecular flexibility index (Phi) is 10.1. The van der Waals surface area contributed by atoms with Crippen LogP contribution in [0.1, 0.15) is 70.4 Å². The summed E-state index contributed by atoms with van der Waals surface area (Å²) < 4.78 is 5.90. The number of likely N-dealkylation sites (tertiary alicyclic amines) is 2. The summed E-state index contributed by atoms with van der Waals surface area (Å²) in [5.41, 5.74) is 1.55. The summed E-state index contributed by atoms with van der Waals surface area (Å²) in [6, 6.07) is 16.2. The van der Waals surface area contributed by atoms with Crippen LogP contribution in [0.4, 0.5) is 4.79 Å². The fourth-order valence-electron chi connectivity index (χ4n) is 5.34. The van der Waals surface area contributed by atoms with Crippen molar-refractivity contribution in [2.24, 2.45) is 0 Å². The van der Waals surface area contributed by atoms with E-state index in [-0.39, 0.29) is 17.8 Å². The zero-order chi connectivity index (χ0) is 28.5. The van der Waals surface area contributed by atoms with Gasteiger partial charge in [0.25, 0.3) is 0 Å². The van der Waals surface area contributed by atoms with E-state index in [2.05, 4.69) is 10.6 Å². The molecule has 0 radical (unpaired) electrons. The largest absolute Gasteiger partial charge is 0.489 e. The Morgan fingerprint density at radius 2 is 1.55 bits per heavy atom. The van der Waals surface area contributed by atoms with E-state index in [0.717, 1.165) is 62.1 Å². The summed E-state index contributed by atoms with van der Waals surface area (Å²) in [5.74, 6) is 0.229. The molecular weight excluding hydrogens is 504 g/mol. The van der Waals surface area contributed by atoms with Crippen molar-refractivity contribution in [1.29, 1.82) is 0 Å². The maximum absolute atomic E-state index is 13.5. The van der Waals surface area contributed by atoms with E-state index < -0.39 is 17.6 Å². The number of hydrogen-bond acceptors (Lipinski definition) is 4. The van der Waals surface area contributed by atoms with Gasteiger partial charge < -0.3 is 25.2 Å². The molecule has 2 aliphatic rings. The van der Waals surface area contributed by atoms with Gasteiger partial charge in [-0.1, -0.05) is 55.3 Å². The first-order valence-electron chi connectivity index (χ1n) is 14.6. The Balaban J connectivity index is 1.41. The van der Waals surface area contributed by atoms with Crippen molar-refractivity contribution in [2.45, 2.75) is 89.9 Å². The molecular formula is C32H44N4O4. The number of benzene rings is 2. The number of amides is 4. The molecule has 40 heavy (non-hydrogen) atoms. The van der Waals surface area contributed by atoms with Gasteiger partial charge >= 0.3 is 6.03 Å². The Bertz CT molecular complexity index is 1120. The molecule has 0 spiro atoms. The van der Waals surface area contributed by atoms with Crippen LogP contribution in [-0.2, 0) is 22.6 Å². The number of nitrogens with one attached hydrogen (secondary N) is 2. The van der Waals surface area contributed by atoms with E-state index in [1.807, 2.05) is 80.3 Å². The third-order valence-electron chi connectivity index (χ3n) is 7.42. The summed E-state index contributed by atoms with van der Waals surface area (Å²) >= 11 is 0. The number of hydrogen-bond donors (Lipinski definition) is 2. The van der Waals surface area contributed by atoms with E-state index in [1.54, 1.807) is 4.90 Å². The molecule has 2 fully saturated rings. The molecule has 0 bridgehead atoms. The van der Waals surface area contributed by atoms with Gasteiger partial charge in [-0.3, -0.25) is 9.59 Å². The van der Waals surface area contributed by atoms with Crippen LogP contribution in [0.25, 0.3) is 0 Å². The third-order valence-corrected chi connectivity index (χ3v) is 7.42. The number of carbonyl (C=O) groups excluding carboxylic acids is 3. The fraction of sp³-hybridized carbons (Fsp3) is 0.531. The van der Waals surface area contributed by atoms with E-state index in [9.17, 15) is 14.4 Å². The molecule has 2 heterocycles. The molecule has 0 aromatic heterocycles. The number of ether oxygens (including phenoxy) is 1. The van der Waals surface area contributed by atoms with E-state index >= 15 is 0 Å². The molecule has 4 amide bonds. The number of carbonyl (C=O) groups is 3. The molecule has 8 heteroatoms. The predicted octanol–water partition coefficient (Wildman–Crippen LogP) is 4.67. The first-order valence-corrected chi connectivity index (χ1v) is 14.6. The quantitative estimate of drug-likeness (QED) is 0.502. The van der Waals surface area contributed by atoms with Crippen LogP contribution in [0.15, 0.2) is 54.6 Å². The zero-order valence-electron chi connectivity index (χ0n) is 24.2. The van der Waals surface area contributed by atoms with Crippen molar-refractivity contribution in [2.75, 3.05) is 19.6 Å². The van der Waals surface area contributed by atoms with E-state index in [1.165, 1.54) is 0 Å². The van der Waals surface area contributed by atoms with Crippen molar-refractivity contribution in [1.82, 2.24) is 20.4 Å². The summed E-state index contributed by atoms with van der Waals surface area (Å²) in [5, 5.41) is 6.01. The topological polar surface area (TPSA) is 91.0 Å². The second kappa shape index (κ2) is 13.7. The normalized spacial score (nSPS) is 18.5. The Hall–Kier alpha value is -3.55. The monoisotopic (exact) mass is 548 g/mol. The maximum Gasteiger partial charge on any atom is 0.320 e. The summed E-state index contributed by atoms with van der Waals surface area (Å²) in [6.45, 7) is 8.28. The van der Waals surface area contributed by atoms with Crippen LogP contribution < -0.4 is 15.4 Å². The molecule has 2 aromatic carbocycles. The molecule has 0 saturated carbocycles. The standard InChI is InChI=1S/C32H44N4O4/c1-32(2,3)34-29(37)27(22-24-15-17-26(18-16-24)40-23-25-12-7-6-8-13-25)33-30(38)28-14-11-21-36(28)31(39)35-19-9-4-5-10-20-35/h6-8,12-13,15-18,27-28H,4-5,9-11,14,19-23H2,1-3H3,(H,33,38)(H,34,37)/t27-,28-/m0/s1. The lowest BCUT2D eigenvalue weighted by Gasteiger charge is -2.32. The Morgan fingerprint density at radius 3 is 2.20 bits per heavy atom.